The maximum absolute atomic E-state index is 13.0. The molecule has 0 unspecified atom stereocenters. The molecule has 2 nitrogen and oxygen atoms in total. The lowest BCUT2D eigenvalue weighted by Gasteiger charge is -2.22. The van der Waals surface area contributed by atoms with Gasteiger partial charge in [-0.3, -0.25) is 0 Å². The van der Waals surface area contributed by atoms with Crippen LogP contribution in [0.5, 0.6) is 0 Å². The largest absolute Gasteiger partial charge is 0.390 e. The summed E-state index contributed by atoms with van der Waals surface area (Å²) < 4.78 is 26.7. The van der Waals surface area contributed by atoms with E-state index in [-0.39, 0.29) is 12.4 Å². The first-order valence-corrected chi connectivity index (χ1v) is 5.05. The third-order valence-electron chi connectivity index (χ3n) is 1.91. The van der Waals surface area contributed by atoms with E-state index >= 15 is 0 Å². The van der Waals surface area contributed by atoms with Crippen molar-refractivity contribution < 1.29 is 13.9 Å². The molecule has 0 fully saturated rings. The SMILES string of the molecule is Cl.N[C@H](c1ccccc1I)C(F)(F)CO. The fraction of sp³-hybridized carbons (Fsp3) is 0.333. The topological polar surface area (TPSA) is 46.2 Å². The minimum Gasteiger partial charge on any atom is -0.390 e. The van der Waals surface area contributed by atoms with Gasteiger partial charge in [-0.2, -0.15) is 0 Å². The zero-order chi connectivity index (χ0) is 10.8. The summed E-state index contributed by atoms with van der Waals surface area (Å²) in [6.45, 7) is -1.24. The van der Waals surface area contributed by atoms with Crippen molar-refractivity contribution in [3.63, 3.8) is 0 Å². The molecule has 1 atom stereocenters. The summed E-state index contributed by atoms with van der Waals surface area (Å²) in [5.41, 5.74) is 5.72. The van der Waals surface area contributed by atoms with E-state index in [4.69, 9.17) is 10.8 Å². The average molecular weight is 350 g/mol. The highest BCUT2D eigenvalue weighted by Crippen LogP contribution is 2.30. The molecule has 0 aliphatic heterocycles. The zero-order valence-electron chi connectivity index (χ0n) is 7.66. The molecule has 1 aromatic carbocycles. The van der Waals surface area contributed by atoms with E-state index in [0.29, 0.717) is 9.13 Å². The van der Waals surface area contributed by atoms with E-state index in [1.807, 2.05) is 22.6 Å². The van der Waals surface area contributed by atoms with Gasteiger partial charge in [0.1, 0.15) is 6.61 Å². The molecule has 0 saturated carbocycles. The molecule has 86 valence electrons. The summed E-state index contributed by atoms with van der Waals surface area (Å²) >= 11 is 1.94. The second-order valence-electron chi connectivity index (χ2n) is 2.92. The normalized spacial score (nSPS) is 13.1. The number of benzene rings is 1. The molecule has 15 heavy (non-hydrogen) atoms. The minimum atomic E-state index is -3.28. The van der Waals surface area contributed by atoms with Gasteiger partial charge >= 0.3 is 0 Å². The van der Waals surface area contributed by atoms with E-state index in [9.17, 15) is 8.78 Å². The Morgan fingerprint density at radius 2 is 1.93 bits per heavy atom. The van der Waals surface area contributed by atoms with Crippen LogP contribution in [-0.4, -0.2) is 17.6 Å². The van der Waals surface area contributed by atoms with Gasteiger partial charge in [-0.15, -0.1) is 12.4 Å². The van der Waals surface area contributed by atoms with Crippen LogP contribution in [0.15, 0.2) is 24.3 Å². The van der Waals surface area contributed by atoms with Crippen molar-refractivity contribution in [3.8, 4) is 0 Å². The molecule has 0 heterocycles. The molecular formula is C9H11ClF2INO. The highest BCUT2D eigenvalue weighted by atomic mass is 127. The Labute approximate surface area is 106 Å². The van der Waals surface area contributed by atoms with E-state index < -0.39 is 18.6 Å². The summed E-state index contributed by atoms with van der Waals surface area (Å²) in [7, 11) is 0. The molecule has 0 aliphatic rings. The van der Waals surface area contributed by atoms with Crippen LogP contribution in [0.1, 0.15) is 11.6 Å². The Hall–Kier alpha value is 0.0200. The van der Waals surface area contributed by atoms with Crippen LogP contribution in [0, 0.1) is 3.57 Å². The van der Waals surface area contributed by atoms with Crippen molar-refractivity contribution in [1.82, 2.24) is 0 Å². The molecule has 0 radical (unpaired) electrons. The van der Waals surface area contributed by atoms with Crippen LogP contribution >= 0.6 is 35.0 Å². The van der Waals surface area contributed by atoms with Crippen LogP contribution in [-0.2, 0) is 0 Å². The molecule has 0 aliphatic carbocycles. The summed E-state index contributed by atoms with van der Waals surface area (Å²) in [4.78, 5) is 0. The lowest BCUT2D eigenvalue weighted by molar-refractivity contribution is -0.0713. The fourth-order valence-electron chi connectivity index (χ4n) is 1.05. The molecule has 0 spiro atoms. The van der Waals surface area contributed by atoms with Gasteiger partial charge in [0, 0.05) is 3.57 Å². The van der Waals surface area contributed by atoms with Gasteiger partial charge in [0.05, 0.1) is 6.04 Å². The Balaban J connectivity index is 0.00000196. The van der Waals surface area contributed by atoms with Crippen molar-refractivity contribution in [2.75, 3.05) is 6.61 Å². The van der Waals surface area contributed by atoms with Gasteiger partial charge in [0.25, 0.3) is 5.92 Å². The highest BCUT2D eigenvalue weighted by molar-refractivity contribution is 14.1. The lowest BCUT2D eigenvalue weighted by Crippen LogP contribution is -2.36. The average Bonchev–Trinajstić information content (AvgIpc) is 2.17. The van der Waals surface area contributed by atoms with E-state index in [0.717, 1.165) is 0 Å². The monoisotopic (exact) mass is 349 g/mol. The maximum Gasteiger partial charge on any atom is 0.289 e. The van der Waals surface area contributed by atoms with Crippen molar-refractivity contribution in [3.05, 3.63) is 33.4 Å². The first-order valence-electron chi connectivity index (χ1n) is 3.97. The van der Waals surface area contributed by atoms with Gasteiger partial charge in [-0.1, -0.05) is 18.2 Å². The van der Waals surface area contributed by atoms with Gasteiger partial charge in [0.15, 0.2) is 0 Å². The number of alkyl halides is 2. The van der Waals surface area contributed by atoms with Crippen LogP contribution in [0.4, 0.5) is 8.78 Å². The molecule has 6 heteroatoms. The molecule has 0 bridgehead atoms. The number of hydrogen-bond donors (Lipinski definition) is 2. The number of aliphatic hydroxyl groups excluding tert-OH is 1. The molecule has 0 saturated heterocycles. The molecule has 0 amide bonds. The standard InChI is InChI=1S/C9H10F2INO.ClH/c10-9(11,5-14)8(13)6-3-1-2-4-7(6)12;/h1-4,8,14H,5,13H2;1H/t8-;/m1./s1. The summed E-state index contributed by atoms with van der Waals surface area (Å²) in [5.74, 6) is -3.28. The van der Waals surface area contributed by atoms with Crippen molar-refractivity contribution in [1.29, 1.82) is 0 Å². The Morgan fingerprint density at radius 1 is 1.40 bits per heavy atom. The number of nitrogens with two attached hydrogens (primary N) is 1. The van der Waals surface area contributed by atoms with Gasteiger partial charge in [-0.05, 0) is 34.2 Å². The third-order valence-corrected chi connectivity index (χ3v) is 2.89. The fourth-order valence-corrected chi connectivity index (χ4v) is 1.78. The lowest BCUT2D eigenvalue weighted by atomic mass is 10.0. The number of hydrogen-bond acceptors (Lipinski definition) is 2. The number of aliphatic hydroxyl groups is 1. The third kappa shape index (κ3) is 3.51. The number of halogens is 4. The summed E-state index contributed by atoms with van der Waals surface area (Å²) in [6, 6.07) is 5.17. The van der Waals surface area contributed by atoms with Gasteiger partial charge in [-0.25, -0.2) is 8.78 Å². The summed E-state index contributed by atoms with van der Waals surface area (Å²) in [5, 5.41) is 8.48. The van der Waals surface area contributed by atoms with Gasteiger partial charge in [0.2, 0.25) is 0 Å². The minimum absolute atomic E-state index is 0. The second kappa shape index (κ2) is 5.93. The van der Waals surface area contributed by atoms with E-state index in [1.54, 1.807) is 18.2 Å². The quantitative estimate of drug-likeness (QED) is 0.823. The number of rotatable bonds is 3. The smallest absolute Gasteiger partial charge is 0.289 e. The van der Waals surface area contributed by atoms with Crippen LogP contribution in [0.2, 0.25) is 0 Å². The molecule has 1 aromatic rings. The molecule has 0 aromatic heterocycles. The van der Waals surface area contributed by atoms with Crippen molar-refractivity contribution >= 4 is 35.0 Å². The molecule has 3 N–H and O–H groups in total. The molecule has 1 rings (SSSR count). The van der Waals surface area contributed by atoms with Crippen LogP contribution in [0.3, 0.4) is 0 Å². The Bertz CT molecular complexity index is 325. The first kappa shape index (κ1) is 15.0. The second-order valence-corrected chi connectivity index (χ2v) is 4.08. The zero-order valence-corrected chi connectivity index (χ0v) is 10.6. The van der Waals surface area contributed by atoms with E-state index in [1.165, 1.54) is 6.07 Å². The molecular weight excluding hydrogens is 338 g/mol. The highest BCUT2D eigenvalue weighted by Gasteiger charge is 2.37. The van der Waals surface area contributed by atoms with Crippen LogP contribution in [0.25, 0.3) is 0 Å². The Morgan fingerprint density at radius 3 is 2.40 bits per heavy atom. The summed E-state index contributed by atoms with van der Waals surface area (Å²) in [6.07, 6.45) is 0. The maximum atomic E-state index is 13.0. The van der Waals surface area contributed by atoms with E-state index in [2.05, 4.69) is 0 Å². The van der Waals surface area contributed by atoms with Crippen molar-refractivity contribution in [2.45, 2.75) is 12.0 Å². The van der Waals surface area contributed by atoms with Crippen LogP contribution < -0.4 is 5.73 Å². The van der Waals surface area contributed by atoms with Gasteiger partial charge < -0.3 is 10.8 Å². The predicted molar refractivity (Wildman–Crippen MR) is 65.4 cm³/mol. The Kier molecular flexibility index (Phi) is 5.94. The predicted octanol–water partition coefficient (Wildman–Crippen LogP) is 2.34. The first-order chi connectivity index (χ1) is 6.49. The van der Waals surface area contributed by atoms with Crippen molar-refractivity contribution in [2.24, 2.45) is 5.73 Å².